The van der Waals surface area contributed by atoms with Crippen LogP contribution in [-0.2, 0) is 0 Å². The summed E-state index contributed by atoms with van der Waals surface area (Å²) in [6, 6.07) is 6.28. The van der Waals surface area contributed by atoms with Crippen LogP contribution in [0.1, 0.15) is 10.4 Å². The lowest BCUT2D eigenvalue weighted by molar-refractivity contribution is 0.102. The highest BCUT2D eigenvalue weighted by atomic mass is 127. The SMILES string of the molecule is O=C(Nc1cnccc1Cl)c1ccc(I)c(O)c1. The van der Waals surface area contributed by atoms with Crippen molar-refractivity contribution in [2.24, 2.45) is 0 Å². The maximum atomic E-state index is 11.9. The lowest BCUT2D eigenvalue weighted by Gasteiger charge is -2.07. The van der Waals surface area contributed by atoms with E-state index in [0.29, 0.717) is 19.8 Å². The van der Waals surface area contributed by atoms with Crippen molar-refractivity contribution in [1.82, 2.24) is 4.98 Å². The average Bonchev–Trinajstić information content (AvgIpc) is 2.35. The zero-order chi connectivity index (χ0) is 13.1. The van der Waals surface area contributed by atoms with Crippen molar-refractivity contribution in [3.05, 3.63) is 50.8 Å². The van der Waals surface area contributed by atoms with Crippen LogP contribution in [0, 0.1) is 3.57 Å². The van der Waals surface area contributed by atoms with Crippen LogP contribution in [0.4, 0.5) is 5.69 Å². The van der Waals surface area contributed by atoms with Gasteiger partial charge in [0.05, 0.1) is 20.5 Å². The van der Waals surface area contributed by atoms with Gasteiger partial charge >= 0.3 is 0 Å². The van der Waals surface area contributed by atoms with E-state index in [0.717, 1.165) is 0 Å². The van der Waals surface area contributed by atoms with Gasteiger partial charge in [-0.25, -0.2) is 0 Å². The molecule has 0 saturated heterocycles. The maximum absolute atomic E-state index is 11.9. The van der Waals surface area contributed by atoms with Gasteiger partial charge in [0, 0.05) is 11.8 Å². The number of halogens is 2. The largest absolute Gasteiger partial charge is 0.507 e. The van der Waals surface area contributed by atoms with E-state index < -0.39 is 0 Å². The maximum Gasteiger partial charge on any atom is 0.255 e. The van der Waals surface area contributed by atoms with Gasteiger partial charge in [0.1, 0.15) is 5.75 Å². The Labute approximate surface area is 122 Å². The first-order chi connectivity index (χ1) is 8.58. The molecule has 0 bridgehead atoms. The van der Waals surface area contributed by atoms with Gasteiger partial charge < -0.3 is 10.4 Å². The van der Waals surface area contributed by atoms with Gasteiger partial charge in [-0.2, -0.15) is 0 Å². The number of carbonyl (C=O) groups excluding carboxylic acids is 1. The van der Waals surface area contributed by atoms with Crippen LogP contribution in [-0.4, -0.2) is 16.0 Å². The monoisotopic (exact) mass is 374 g/mol. The molecule has 18 heavy (non-hydrogen) atoms. The molecule has 1 aromatic heterocycles. The Hall–Kier alpha value is -1.34. The number of hydrogen-bond acceptors (Lipinski definition) is 3. The highest BCUT2D eigenvalue weighted by Gasteiger charge is 2.10. The number of carbonyl (C=O) groups is 1. The molecule has 0 atom stereocenters. The van der Waals surface area contributed by atoms with Crippen LogP contribution in [0.25, 0.3) is 0 Å². The number of rotatable bonds is 2. The molecule has 1 amide bonds. The van der Waals surface area contributed by atoms with Crippen molar-refractivity contribution < 1.29 is 9.90 Å². The molecule has 1 heterocycles. The minimum Gasteiger partial charge on any atom is -0.507 e. The van der Waals surface area contributed by atoms with E-state index in [-0.39, 0.29) is 11.7 Å². The minimum atomic E-state index is -0.350. The van der Waals surface area contributed by atoms with Crippen LogP contribution in [0.3, 0.4) is 0 Å². The van der Waals surface area contributed by atoms with Gasteiger partial charge in [0.2, 0.25) is 0 Å². The van der Waals surface area contributed by atoms with Gasteiger partial charge in [-0.3, -0.25) is 9.78 Å². The number of nitrogens with zero attached hydrogens (tertiary/aromatic N) is 1. The summed E-state index contributed by atoms with van der Waals surface area (Å²) in [5.74, 6) is -0.280. The average molecular weight is 375 g/mol. The predicted molar refractivity (Wildman–Crippen MR) is 78.0 cm³/mol. The molecule has 0 fully saturated rings. The molecule has 0 saturated carbocycles. The molecule has 6 heteroatoms. The van der Waals surface area contributed by atoms with Crippen LogP contribution in [0.15, 0.2) is 36.7 Å². The Kier molecular flexibility index (Phi) is 4.03. The fourth-order valence-corrected chi connectivity index (χ4v) is 1.81. The number of amides is 1. The molecular formula is C12H8ClIN2O2. The third kappa shape index (κ3) is 2.91. The van der Waals surface area contributed by atoms with Crippen molar-refractivity contribution in [3.63, 3.8) is 0 Å². The lowest BCUT2D eigenvalue weighted by Crippen LogP contribution is -2.12. The number of nitrogens with one attached hydrogen (secondary N) is 1. The summed E-state index contributed by atoms with van der Waals surface area (Å²) in [6.45, 7) is 0. The highest BCUT2D eigenvalue weighted by Crippen LogP contribution is 2.23. The quantitative estimate of drug-likeness (QED) is 0.793. The smallest absolute Gasteiger partial charge is 0.255 e. The highest BCUT2D eigenvalue weighted by molar-refractivity contribution is 14.1. The molecule has 0 aliphatic carbocycles. The standard InChI is InChI=1S/C12H8ClIN2O2/c13-8-3-4-15-6-10(8)16-12(18)7-1-2-9(14)11(17)5-7/h1-6,17H,(H,16,18). The molecule has 0 aliphatic rings. The number of aromatic nitrogens is 1. The lowest BCUT2D eigenvalue weighted by atomic mass is 10.2. The molecule has 0 spiro atoms. The molecule has 0 unspecified atom stereocenters. The minimum absolute atomic E-state index is 0.0699. The first-order valence-electron chi connectivity index (χ1n) is 4.97. The molecule has 92 valence electrons. The van der Waals surface area contributed by atoms with Crippen molar-refractivity contribution in [1.29, 1.82) is 0 Å². The summed E-state index contributed by atoms with van der Waals surface area (Å²) >= 11 is 7.89. The van der Waals surface area contributed by atoms with E-state index in [2.05, 4.69) is 10.3 Å². The Bertz CT molecular complexity index is 604. The van der Waals surface area contributed by atoms with Crippen molar-refractivity contribution in [2.75, 3.05) is 5.32 Å². The Balaban J connectivity index is 2.22. The Morgan fingerprint density at radius 3 is 2.83 bits per heavy atom. The third-order valence-corrected chi connectivity index (χ3v) is 3.47. The van der Waals surface area contributed by atoms with E-state index in [1.54, 1.807) is 18.2 Å². The summed E-state index contributed by atoms with van der Waals surface area (Å²) in [4.78, 5) is 15.8. The van der Waals surface area contributed by atoms with Crippen LogP contribution >= 0.6 is 34.2 Å². The fraction of sp³-hybridized carbons (Fsp3) is 0. The van der Waals surface area contributed by atoms with Crippen LogP contribution in [0.5, 0.6) is 5.75 Å². The van der Waals surface area contributed by atoms with Gasteiger partial charge in [-0.15, -0.1) is 0 Å². The fourth-order valence-electron chi connectivity index (χ4n) is 1.32. The molecule has 2 rings (SSSR count). The van der Waals surface area contributed by atoms with Crippen molar-refractivity contribution >= 4 is 45.8 Å². The normalized spacial score (nSPS) is 10.1. The molecule has 0 aliphatic heterocycles. The Morgan fingerprint density at radius 2 is 2.17 bits per heavy atom. The van der Waals surface area contributed by atoms with Crippen LogP contribution in [0.2, 0.25) is 5.02 Å². The number of aromatic hydroxyl groups is 1. The molecule has 4 nitrogen and oxygen atoms in total. The van der Waals surface area contributed by atoms with E-state index in [1.807, 2.05) is 22.6 Å². The number of pyridine rings is 1. The topological polar surface area (TPSA) is 62.2 Å². The second-order valence-electron chi connectivity index (χ2n) is 3.48. The molecule has 2 aromatic rings. The van der Waals surface area contributed by atoms with Gasteiger partial charge in [0.15, 0.2) is 0 Å². The van der Waals surface area contributed by atoms with E-state index in [9.17, 15) is 9.90 Å². The molecule has 2 N–H and O–H groups in total. The van der Waals surface area contributed by atoms with E-state index in [1.165, 1.54) is 18.5 Å². The summed E-state index contributed by atoms with van der Waals surface area (Å²) < 4.78 is 0.684. The van der Waals surface area contributed by atoms with Crippen LogP contribution < -0.4 is 5.32 Å². The first kappa shape index (κ1) is 13.1. The van der Waals surface area contributed by atoms with Gasteiger partial charge in [-0.1, -0.05) is 11.6 Å². The zero-order valence-corrected chi connectivity index (χ0v) is 11.9. The van der Waals surface area contributed by atoms with Crippen molar-refractivity contribution in [3.8, 4) is 5.75 Å². The van der Waals surface area contributed by atoms with E-state index >= 15 is 0 Å². The zero-order valence-electron chi connectivity index (χ0n) is 9.02. The number of phenols is 1. The summed E-state index contributed by atoms with van der Waals surface area (Å²) in [5, 5.41) is 12.6. The Morgan fingerprint density at radius 1 is 1.39 bits per heavy atom. The number of benzene rings is 1. The molecule has 0 radical (unpaired) electrons. The summed E-state index contributed by atoms with van der Waals surface area (Å²) in [6.07, 6.45) is 3.00. The number of phenolic OH excluding ortho intramolecular Hbond substituents is 1. The van der Waals surface area contributed by atoms with Gasteiger partial charge in [-0.05, 0) is 46.9 Å². The van der Waals surface area contributed by atoms with E-state index in [4.69, 9.17) is 11.6 Å². The third-order valence-electron chi connectivity index (χ3n) is 2.22. The predicted octanol–water partition coefficient (Wildman–Crippen LogP) is 3.30. The number of anilines is 1. The van der Waals surface area contributed by atoms with Crippen molar-refractivity contribution in [2.45, 2.75) is 0 Å². The summed E-state index contributed by atoms with van der Waals surface area (Å²) in [7, 11) is 0. The van der Waals surface area contributed by atoms with Gasteiger partial charge in [0.25, 0.3) is 5.91 Å². The number of hydrogen-bond donors (Lipinski definition) is 2. The second kappa shape index (κ2) is 5.53. The molecular weight excluding hydrogens is 367 g/mol. The second-order valence-corrected chi connectivity index (χ2v) is 5.05. The first-order valence-corrected chi connectivity index (χ1v) is 6.43. The summed E-state index contributed by atoms with van der Waals surface area (Å²) in [5.41, 5.74) is 0.787. The molecule has 1 aromatic carbocycles.